The van der Waals surface area contributed by atoms with E-state index in [0.29, 0.717) is 13.0 Å². The quantitative estimate of drug-likeness (QED) is 0.863. The van der Waals surface area contributed by atoms with Gasteiger partial charge >= 0.3 is 5.97 Å². The van der Waals surface area contributed by atoms with E-state index in [1.807, 2.05) is 0 Å². The number of carbonyl (C=O) groups excluding carboxylic acids is 1. The van der Waals surface area contributed by atoms with E-state index < -0.39 is 5.97 Å². The molecule has 130 valence electrons. The molecule has 2 aromatic rings. The number of fused-ring (bicyclic) bond motifs is 2. The maximum absolute atomic E-state index is 12.6. The van der Waals surface area contributed by atoms with Gasteiger partial charge < -0.3 is 10.4 Å². The lowest BCUT2D eigenvalue weighted by Gasteiger charge is -2.26. The van der Waals surface area contributed by atoms with Gasteiger partial charge in [-0.1, -0.05) is 24.3 Å². The molecule has 2 N–H and O–H groups in total. The van der Waals surface area contributed by atoms with Crippen LogP contribution in [0, 0.1) is 5.92 Å². The second kappa shape index (κ2) is 6.26. The monoisotopic (exact) mass is 356 g/mol. The first-order chi connectivity index (χ1) is 12.1. The topological polar surface area (TPSA) is 79.3 Å². The molecule has 2 atom stereocenters. The number of rotatable bonds is 5. The van der Waals surface area contributed by atoms with Crippen LogP contribution in [0.4, 0.5) is 0 Å². The number of aryl methyl sites for hydroxylation is 1. The highest BCUT2D eigenvalue weighted by molar-refractivity contribution is 7.09. The summed E-state index contributed by atoms with van der Waals surface area (Å²) in [7, 11) is 0. The molecule has 25 heavy (non-hydrogen) atoms. The number of carbonyl (C=O) groups is 2. The van der Waals surface area contributed by atoms with Crippen molar-refractivity contribution in [3.05, 3.63) is 51.5 Å². The highest BCUT2D eigenvalue weighted by Crippen LogP contribution is 2.60. The molecule has 1 saturated carbocycles. The zero-order valence-electron chi connectivity index (χ0n) is 13.8. The van der Waals surface area contributed by atoms with Crippen LogP contribution in [0.1, 0.15) is 45.9 Å². The molecule has 5 nitrogen and oxygen atoms in total. The van der Waals surface area contributed by atoms with E-state index in [2.05, 4.69) is 34.6 Å². The molecule has 0 bridgehead atoms. The van der Waals surface area contributed by atoms with Crippen LogP contribution in [0.5, 0.6) is 0 Å². The number of hydrogen-bond donors (Lipinski definition) is 2. The number of amides is 1. The molecule has 1 aromatic heterocycles. The fourth-order valence-corrected chi connectivity index (χ4v) is 4.89. The molecule has 1 heterocycles. The summed E-state index contributed by atoms with van der Waals surface area (Å²) in [5, 5.41) is 14.2. The third-order valence-corrected chi connectivity index (χ3v) is 6.33. The summed E-state index contributed by atoms with van der Waals surface area (Å²) in [5.41, 5.74) is 2.89. The molecule has 0 radical (unpaired) electrons. The van der Waals surface area contributed by atoms with Crippen molar-refractivity contribution in [3.8, 4) is 0 Å². The van der Waals surface area contributed by atoms with E-state index in [1.165, 1.54) is 27.8 Å². The van der Waals surface area contributed by atoms with E-state index >= 15 is 0 Å². The highest BCUT2D eigenvalue weighted by atomic mass is 32.1. The van der Waals surface area contributed by atoms with Crippen molar-refractivity contribution < 1.29 is 14.7 Å². The summed E-state index contributed by atoms with van der Waals surface area (Å²) in [5.74, 6) is -0.825. The van der Waals surface area contributed by atoms with Crippen LogP contribution in [0.3, 0.4) is 0 Å². The third kappa shape index (κ3) is 2.95. The van der Waals surface area contributed by atoms with Gasteiger partial charge in [-0.15, -0.1) is 11.3 Å². The first kappa shape index (κ1) is 16.3. The maximum Gasteiger partial charge on any atom is 0.355 e. The number of aromatic carboxylic acids is 1. The molecule has 2 aliphatic rings. The normalized spacial score (nSPS) is 23.9. The van der Waals surface area contributed by atoms with Gasteiger partial charge in [0.05, 0.1) is 5.01 Å². The molecular weight excluding hydrogens is 336 g/mol. The van der Waals surface area contributed by atoms with Crippen LogP contribution in [-0.2, 0) is 23.1 Å². The third-order valence-electron chi connectivity index (χ3n) is 5.42. The minimum atomic E-state index is -1.01. The molecule has 6 heteroatoms. The van der Waals surface area contributed by atoms with Crippen molar-refractivity contribution in [2.24, 2.45) is 5.92 Å². The summed E-state index contributed by atoms with van der Waals surface area (Å²) in [6.07, 6.45) is 4.87. The minimum Gasteiger partial charge on any atom is -0.476 e. The minimum absolute atomic E-state index is 0.0522. The first-order valence-corrected chi connectivity index (χ1v) is 9.52. The van der Waals surface area contributed by atoms with Crippen LogP contribution in [-0.4, -0.2) is 28.5 Å². The van der Waals surface area contributed by atoms with Gasteiger partial charge in [0.1, 0.15) is 0 Å². The molecule has 4 rings (SSSR count). The summed E-state index contributed by atoms with van der Waals surface area (Å²) >= 11 is 1.32. The fourth-order valence-electron chi connectivity index (χ4n) is 4.12. The Morgan fingerprint density at radius 2 is 2.20 bits per heavy atom. The molecule has 1 amide bonds. The number of nitrogens with one attached hydrogen (secondary N) is 1. The average molecular weight is 356 g/mol. The number of nitrogens with zero attached hydrogens (tertiary/aromatic N) is 1. The molecule has 1 fully saturated rings. The molecule has 2 unspecified atom stereocenters. The lowest BCUT2D eigenvalue weighted by molar-refractivity contribution is -0.122. The number of thiazole rings is 1. The summed E-state index contributed by atoms with van der Waals surface area (Å²) < 4.78 is 0. The van der Waals surface area contributed by atoms with E-state index in [4.69, 9.17) is 5.11 Å². The second-order valence-electron chi connectivity index (χ2n) is 6.90. The second-order valence-corrected chi connectivity index (χ2v) is 7.84. The van der Waals surface area contributed by atoms with Gasteiger partial charge in [0.2, 0.25) is 5.91 Å². The Hall–Kier alpha value is -2.21. The van der Waals surface area contributed by atoms with Crippen molar-refractivity contribution in [1.29, 1.82) is 0 Å². The lowest BCUT2D eigenvalue weighted by Crippen LogP contribution is -2.31. The van der Waals surface area contributed by atoms with Crippen LogP contribution in [0.25, 0.3) is 0 Å². The van der Waals surface area contributed by atoms with Crippen LogP contribution in [0.15, 0.2) is 29.6 Å². The zero-order valence-corrected chi connectivity index (χ0v) is 14.6. The molecule has 1 aromatic carbocycles. The summed E-state index contributed by atoms with van der Waals surface area (Å²) in [6, 6.07) is 8.52. The van der Waals surface area contributed by atoms with Crippen molar-refractivity contribution in [2.75, 3.05) is 6.54 Å². The largest absolute Gasteiger partial charge is 0.476 e. The maximum atomic E-state index is 12.6. The molecule has 2 aliphatic carbocycles. The predicted octanol–water partition coefficient (Wildman–Crippen LogP) is 2.79. The predicted molar refractivity (Wildman–Crippen MR) is 95.0 cm³/mol. The van der Waals surface area contributed by atoms with Gasteiger partial charge in [0.15, 0.2) is 5.69 Å². The standard InChI is InChI=1S/C19H20N2O3S/c22-17(20-9-7-16-21-15(11-25-16)18(23)24)14-10-19(14)8-3-5-12-4-1-2-6-13(12)19/h1-2,4,6,11,14H,3,5,7-10H2,(H,20,22)(H,23,24). The van der Waals surface area contributed by atoms with Crippen molar-refractivity contribution in [2.45, 2.75) is 37.5 Å². The van der Waals surface area contributed by atoms with Gasteiger partial charge in [-0.25, -0.2) is 9.78 Å². The fraction of sp³-hybridized carbons (Fsp3) is 0.421. The Morgan fingerprint density at radius 1 is 1.36 bits per heavy atom. The van der Waals surface area contributed by atoms with E-state index in [0.717, 1.165) is 30.7 Å². The molecule has 0 aliphatic heterocycles. The van der Waals surface area contributed by atoms with Gasteiger partial charge in [-0.05, 0) is 36.8 Å². The zero-order chi connectivity index (χ0) is 17.4. The average Bonchev–Trinajstić information content (AvgIpc) is 3.12. The van der Waals surface area contributed by atoms with Gasteiger partial charge in [-0.2, -0.15) is 0 Å². The van der Waals surface area contributed by atoms with Crippen LogP contribution >= 0.6 is 11.3 Å². The Balaban J connectivity index is 1.35. The number of hydrogen-bond acceptors (Lipinski definition) is 4. The van der Waals surface area contributed by atoms with Crippen LogP contribution in [0.2, 0.25) is 0 Å². The molecular formula is C19H20N2O3S. The number of benzene rings is 1. The SMILES string of the molecule is O=C(O)c1csc(CCNC(=O)C2CC23CCCc2ccccc23)n1. The Bertz CT molecular complexity index is 832. The number of carboxylic acids is 1. The highest BCUT2D eigenvalue weighted by Gasteiger charge is 2.59. The van der Waals surface area contributed by atoms with Gasteiger partial charge in [0, 0.05) is 29.7 Å². The number of aromatic nitrogens is 1. The summed E-state index contributed by atoms with van der Waals surface area (Å²) in [4.78, 5) is 27.5. The lowest BCUT2D eigenvalue weighted by atomic mass is 9.78. The van der Waals surface area contributed by atoms with Crippen molar-refractivity contribution in [3.63, 3.8) is 0 Å². The molecule has 0 saturated heterocycles. The first-order valence-electron chi connectivity index (χ1n) is 8.64. The smallest absolute Gasteiger partial charge is 0.355 e. The van der Waals surface area contributed by atoms with Crippen LogP contribution < -0.4 is 5.32 Å². The van der Waals surface area contributed by atoms with E-state index in [-0.39, 0.29) is 22.9 Å². The summed E-state index contributed by atoms with van der Waals surface area (Å²) in [6.45, 7) is 0.500. The molecule has 1 spiro atoms. The number of carboxylic acid groups (broad SMARTS) is 1. The Labute approximate surface area is 150 Å². The van der Waals surface area contributed by atoms with Crippen molar-refractivity contribution in [1.82, 2.24) is 10.3 Å². The Morgan fingerprint density at radius 3 is 3.00 bits per heavy atom. The Kier molecular flexibility index (Phi) is 4.07. The van der Waals surface area contributed by atoms with Crippen molar-refractivity contribution >= 4 is 23.2 Å². The van der Waals surface area contributed by atoms with E-state index in [9.17, 15) is 9.59 Å². The van der Waals surface area contributed by atoms with Gasteiger partial charge in [-0.3, -0.25) is 4.79 Å². The van der Waals surface area contributed by atoms with Gasteiger partial charge in [0.25, 0.3) is 0 Å². The van der Waals surface area contributed by atoms with E-state index in [1.54, 1.807) is 0 Å².